The monoisotopic (exact) mass is 254 g/mol. The van der Waals surface area contributed by atoms with Gasteiger partial charge in [0.1, 0.15) is 5.52 Å². The van der Waals surface area contributed by atoms with Gasteiger partial charge in [-0.2, -0.15) is 0 Å². The first kappa shape index (κ1) is 11.7. The van der Waals surface area contributed by atoms with Gasteiger partial charge in [-0.25, -0.2) is 0 Å². The molecule has 3 aromatic rings. The van der Waals surface area contributed by atoms with Gasteiger partial charge in [-0.3, -0.25) is 4.79 Å². The molecule has 2 N–H and O–H groups in total. The van der Waals surface area contributed by atoms with Crippen LogP contribution in [0.4, 0.5) is 0 Å². The van der Waals surface area contributed by atoms with Crippen molar-refractivity contribution >= 4 is 10.9 Å². The van der Waals surface area contributed by atoms with Crippen molar-refractivity contribution in [2.45, 2.75) is 6.61 Å². The standard InChI is InChI=1S/C15H14N2O2/c1-17-8-13(11-4-2-10(9-18)3-5-11)12-6-7-16-14(12)15(17)19/h2-8,16,18H,9H2,1H3. The number of aromatic amines is 1. The number of aromatic nitrogens is 2. The van der Waals surface area contributed by atoms with Crippen LogP contribution in [0.15, 0.2) is 47.5 Å². The lowest BCUT2D eigenvalue weighted by Crippen LogP contribution is -2.16. The summed E-state index contributed by atoms with van der Waals surface area (Å²) in [4.78, 5) is 15.0. The van der Waals surface area contributed by atoms with Crippen LogP contribution in [0.1, 0.15) is 5.56 Å². The summed E-state index contributed by atoms with van der Waals surface area (Å²) >= 11 is 0. The van der Waals surface area contributed by atoms with E-state index in [2.05, 4.69) is 4.98 Å². The molecule has 0 spiro atoms. The smallest absolute Gasteiger partial charge is 0.274 e. The van der Waals surface area contributed by atoms with Crippen LogP contribution >= 0.6 is 0 Å². The van der Waals surface area contributed by atoms with E-state index in [0.717, 1.165) is 22.1 Å². The molecule has 0 aliphatic heterocycles. The molecular formula is C15H14N2O2. The van der Waals surface area contributed by atoms with Gasteiger partial charge in [0, 0.05) is 30.4 Å². The van der Waals surface area contributed by atoms with E-state index in [1.54, 1.807) is 17.8 Å². The number of rotatable bonds is 2. The summed E-state index contributed by atoms with van der Waals surface area (Å²) in [6.07, 6.45) is 3.62. The van der Waals surface area contributed by atoms with Crippen molar-refractivity contribution in [2.75, 3.05) is 0 Å². The van der Waals surface area contributed by atoms with Crippen LogP contribution in [0.3, 0.4) is 0 Å². The first-order chi connectivity index (χ1) is 9.20. The highest BCUT2D eigenvalue weighted by Crippen LogP contribution is 2.26. The number of fused-ring (bicyclic) bond motifs is 1. The van der Waals surface area contributed by atoms with Crippen LogP contribution in [0.25, 0.3) is 22.0 Å². The Morgan fingerprint density at radius 2 is 1.95 bits per heavy atom. The lowest BCUT2D eigenvalue weighted by molar-refractivity contribution is 0.282. The van der Waals surface area contributed by atoms with Gasteiger partial charge in [-0.05, 0) is 17.2 Å². The number of nitrogens with zero attached hydrogens (tertiary/aromatic N) is 1. The highest BCUT2D eigenvalue weighted by molar-refractivity contribution is 5.94. The van der Waals surface area contributed by atoms with E-state index in [1.165, 1.54) is 0 Å². The average molecular weight is 254 g/mol. The Hall–Kier alpha value is -2.33. The molecule has 0 atom stereocenters. The van der Waals surface area contributed by atoms with E-state index in [4.69, 9.17) is 5.11 Å². The molecule has 19 heavy (non-hydrogen) atoms. The van der Waals surface area contributed by atoms with Crippen LogP contribution in [-0.2, 0) is 13.7 Å². The second-order valence-corrected chi connectivity index (χ2v) is 4.58. The summed E-state index contributed by atoms with van der Waals surface area (Å²) in [5.41, 5.74) is 3.49. The van der Waals surface area contributed by atoms with E-state index in [9.17, 15) is 4.79 Å². The first-order valence-electron chi connectivity index (χ1n) is 6.07. The van der Waals surface area contributed by atoms with Crippen molar-refractivity contribution in [2.24, 2.45) is 7.05 Å². The number of aliphatic hydroxyl groups is 1. The van der Waals surface area contributed by atoms with Gasteiger partial charge in [-0.15, -0.1) is 0 Å². The van der Waals surface area contributed by atoms with E-state index < -0.39 is 0 Å². The van der Waals surface area contributed by atoms with Gasteiger partial charge in [0.2, 0.25) is 0 Å². The van der Waals surface area contributed by atoms with Crippen LogP contribution in [0.5, 0.6) is 0 Å². The van der Waals surface area contributed by atoms with Gasteiger partial charge in [0.25, 0.3) is 5.56 Å². The van der Waals surface area contributed by atoms with Crippen molar-refractivity contribution in [3.8, 4) is 11.1 Å². The van der Waals surface area contributed by atoms with Gasteiger partial charge in [0.15, 0.2) is 0 Å². The second kappa shape index (κ2) is 4.40. The number of aliphatic hydroxyl groups excluding tert-OH is 1. The van der Waals surface area contributed by atoms with E-state index >= 15 is 0 Å². The quantitative estimate of drug-likeness (QED) is 0.735. The summed E-state index contributed by atoms with van der Waals surface area (Å²) in [7, 11) is 1.74. The number of hydrogen-bond acceptors (Lipinski definition) is 2. The Kier molecular flexibility index (Phi) is 2.72. The molecule has 96 valence electrons. The normalized spacial score (nSPS) is 11.1. The van der Waals surface area contributed by atoms with Crippen molar-refractivity contribution in [3.63, 3.8) is 0 Å². The van der Waals surface area contributed by atoms with Crippen molar-refractivity contribution in [1.29, 1.82) is 0 Å². The summed E-state index contributed by atoms with van der Waals surface area (Å²) < 4.78 is 1.58. The summed E-state index contributed by atoms with van der Waals surface area (Å²) in [5, 5.41) is 9.98. The fourth-order valence-corrected chi connectivity index (χ4v) is 2.29. The van der Waals surface area contributed by atoms with Crippen molar-refractivity contribution < 1.29 is 5.11 Å². The minimum Gasteiger partial charge on any atom is -0.392 e. The Morgan fingerprint density at radius 1 is 1.21 bits per heavy atom. The molecule has 0 bridgehead atoms. The molecule has 4 heteroatoms. The molecule has 0 unspecified atom stereocenters. The maximum atomic E-state index is 12.0. The molecule has 2 heterocycles. The van der Waals surface area contributed by atoms with Gasteiger partial charge in [0.05, 0.1) is 6.61 Å². The number of aryl methyl sites for hydroxylation is 1. The first-order valence-corrected chi connectivity index (χ1v) is 6.07. The Morgan fingerprint density at radius 3 is 2.63 bits per heavy atom. The molecule has 2 aromatic heterocycles. The summed E-state index contributed by atoms with van der Waals surface area (Å²) in [5.74, 6) is 0. The predicted molar refractivity (Wildman–Crippen MR) is 74.9 cm³/mol. The second-order valence-electron chi connectivity index (χ2n) is 4.58. The summed E-state index contributed by atoms with van der Waals surface area (Å²) in [6, 6.07) is 9.60. The molecule has 0 aliphatic rings. The Balaban J connectivity index is 2.26. The van der Waals surface area contributed by atoms with Crippen molar-refractivity contribution in [1.82, 2.24) is 9.55 Å². The fraction of sp³-hybridized carbons (Fsp3) is 0.133. The lowest BCUT2D eigenvalue weighted by atomic mass is 10.0. The maximum absolute atomic E-state index is 12.0. The average Bonchev–Trinajstić information content (AvgIpc) is 2.93. The summed E-state index contributed by atoms with van der Waals surface area (Å²) in [6.45, 7) is 0.0348. The maximum Gasteiger partial charge on any atom is 0.274 e. The zero-order valence-electron chi connectivity index (χ0n) is 10.6. The third-order valence-corrected chi connectivity index (χ3v) is 3.34. The van der Waals surface area contributed by atoms with Gasteiger partial charge >= 0.3 is 0 Å². The molecular weight excluding hydrogens is 240 g/mol. The highest BCUT2D eigenvalue weighted by Gasteiger charge is 2.09. The Labute approximate surface area is 109 Å². The fourth-order valence-electron chi connectivity index (χ4n) is 2.29. The van der Waals surface area contributed by atoms with Crippen molar-refractivity contribution in [3.05, 3.63) is 58.6 Å². The largest absolute Gasteiger partial charge is 0.392 e. The number of H-pyrrole nitrogens is 1. The van der Waals surface area contributed by atoms with Gasteiger partial charge in [-0.1, -0.05) is 24.3 Å². The molecule has 0 fully saturated rings. The SMILES string of the molecule is Cn1cc(-c2ccc(CO)cc2)c2cc[nH]c2c1=O. The molecule has 4 nitrogen and oxygen atoms in total. The van der Waals surface area contributed by atoms with E-state index in [1.807, 2.05) is 36.5 Å². The molecule has 0 saturated carbocycles. The number of hydrogen-bond donors (Lipinski definition) is 2. The van der Waals surface area contributed by atoms with Gasteiger partial charge < -0.3 is 14.7 Å². The number of benzene rings is 1. The zero-order valence-corrected chi connectivity index (χ0v) is 10.6. The van der Waals surface area contributed by atoms with E-state index in [0.29, 0.717) is 5.52 Å². The highest BCUT2D eigenvalue weighted by atomic mass is 16.3. The Bertz CT molecular complexity index is 782. The third kappa shape index (κ3) is 1.86. The van der Waals surface area contributed by atoms with Crippen LogP contribution < -0.4 is 5.56 Å². The van der Waals surface area contributed by atoms with Crippen LogP contribution in [-0.4, -0.2) is 14.7 Å². The zero-order chi connectivity index (χ0) is 13.4. The topological polar surface area (TPSA) is 58.0 Å². The van der Waals surface area contributed by atoms with Crippen LogP contribution in [0, 0.1) is 0 Å². The number of pyridine rings is 1. The molecule has 0 aliphatic carbocycles. The molecule has 3 rings (SSSR count). The minimum absolute atomic E-state index is 0.0317. The van der Waals surface area contributed by atoms with E-state index in [-0.39, 0.29) is 12.2 Å². The number of nitrogens with one attached hydrogen (secondary N) is 1. The molecule has 0 saturated heterocycles. The van der Waals surface area contributed by atoms with Crippen LogP contribution in [0.2, 0.25) is 0 Å². The predicted octanol–water partition coefficient (Wildman–Crippen LogP) is 2.03. The lowest BCUT2D eigenvalue weighted by Gasteiger charge is -2.07. The third-order valence-electron chi connectivity index (χ3n) is 3.34. The molecule has 1 aromatic carbocycles. The molecule has 0 radical (unpaired) electrons. The molecule has 0 amide bonds. The minimum atomic E-state index is -0.0317.